The highest BCUT2D eigenvalue weighted by Gasteiger charge is 2.22. The molecule has 0 aliphatic carbocycles. The van der Waals surface area contributed by atoms with Crippen molar-refractivity contribution >= 4 is 11.6 Å². The molecule has 0 saturated carbocycles. The van der Waals surface area contributed by atoms with Gasteiger partial charge < -0.3 is 15.5 Å². The largest absolute Gasteiger partial charge is 0.371 e. The third-order valence-corrected chi connectivity index (χ3v) is 4.63. The zero-order valence-corrected chi connectivity index (χ0v) is 14.8. The zero-order chi connectivity index (χ0) is 17.5. The Balaban J connectivity index is 1.33. The Morgan fingerprint density at radius 3 is 2.92 bits per heavy atom. The fourth-order valence-corrected chi connectivity index (χ4v) is 3.21. The van der Waals surface area contributed by atoms with Crippen molar-refractivity contribution in [3.63, 3.8) is 0 Å². The minimum atomic E-state index is 0.0606. The molecule has 0 radical (unpaired) electrons. The molecule has 6 heteroatoms. The lowest BCUT2D eigenvalue weighted by Gasteiger charge is -2.19. The van der Waals surface area contributed by atoms with Crippen molar-refractivity contribution < 1.29 is 4.79 Å². The number of hydrogen-bond acceptors (Lipinski definition) is 4. The van der Waals surface area contributed by atoms with Crippen LogP contribution in [0.15, 0.2) is 48.8 Å². The highest BCUT2D eigenvalue weighted by Crippen LogP contribution is 2.22. The average Bonchev–Trinajstić information content (AvgIpc) is 3.31. The molecule has 25 heavy (non-hydrogen) atoms. The van der Waals surface area contributed by atoms with Crippen LogP contribution >= 0.6 is 0 Å². The summed E-state index contributed by atoms with van der Waals surface area (Å²) in [5.41, 5.74) is 1.27. The Bertz CT molecular complexity index is 643. The third-order valence-electron chi connectivity index (χ3n) is 4.63. The monoisotopic (exact) mass is 341 g/mol. The molecule has 0 unspecified atom stereocenters. The maximum Gasteiger partial charge on any atom is 0.233 e. The van der Waals surface area contributed by atoms with Crippen molar-refractivity contribution in [3.8, 4) is 0 Å². The number of amides is 1. The first kappa shape index (κ1) is 17.5. The number of carbonyl (C=O) groups is 1. The van der Waals surface area contributed by atoms with Crippen molar-refractivity contribution in [1.82, 2.24) is 20.4 Å². The van der Waals surface area contributed by atoms with Crippen LogP contribution in [0.3, 0.4) is 0 Å². The summed E-state index contributed by atoms with van der Waals surface area (Å²) in [7, 11) is 0. The van der Waals surface area contributed by atoms with E-state index in [-0.39, 0.29) is 11.9 Å². The van der Waals surface area contributed by atoms with Crippen molar-refractivity contribution in [1.29, 1.82) is 0 Å². The standard InChI is InChI=1S/C19H27N5O/c1-16(14-24-10-5-9-22-24)20-13-19(25)21-12-17-8-11-23(15-17)18-6-3-2-4-7-18/h2-7,9-10,16-17,20H,8,11-15H2,1H3,(H,21,25)/t16-,17+/m0/s1. The summed E-state index contributed by atoms with van der Waals surface area (Å²) in [6.07, 6.45) is 4.81. The van der Waals surface area contributed by atoms with Gasteiger partial charge in [-0.2, -0.15) is 5.10 Å². The van der Waals surface area contributed by atoms with Gasteiger partial charge >= 0.3 is 0 Å². The molecule has 1 amide bonds. The number of rotatable bonds is 8. The van der Waals surface area contributed by atoms with Crippen LogP contribution in [-0.4, -0.2) is 47.9 Å². The zero-order valence-electron chi connectivity index (χ0n) is 14.8. The number of anilines is 1. The van der Waals surface area contributed by atoms with Crippen molar-refractivity contribution in [2.24, 2.45) is 5.92 Å². The van der Waals surface area contributed by atoms with Gasteiger partial charge in [0.2, 0.25) is 5.91 Å². The minimum Gasteiger partial charge on any atom is -0.371 e. The summed E-state index contributed by atoms with van der Waals surface area (Å²) in [6.45, 7) is 5.98. The Morgan fingerprint density at radius 2 is 2.16 bits per heavy atom. The minimum absolute atomic E-state index is 0.0606. The van der Waals surface area contributed by atoms with Gasteiger partial charge in [0.05, 0.1) is 13.1 Å². The first-order chi connectivity index (χ1) is 12.2. The van der Waals surface area contributed by atoms with E-state index < -0.39 is 0 Å². The van der Waals surface area contributed by atoms with Crippen LogP contribution in [0.4, 0.5) is 5.69 Å². The maximum absolute atomic E-state index is 12.0. The summed E-state index contributed by atoms with van der Waals surface area (Å²) in [5, 5.41) is 10.5. The number of para-hydroxylation sites is 1. The smallest absolute Gasteiger partial charge is 0.233 e. The van der Waals surface area contributed by atoms with Crippen LogP contribution < -0.4 is 15.5 Å². The Kier molecular flexibility index (Phi) is 6.06. The molecule has 1 aromatic carbocycles. The summed E-state index contributed by atoms with van der Waals surface area (Å²) < 4.78 is 1.87. The molecule has 1 saturated heterocycles. The normalized spacial score (nSPS) is 18.3. The van der Waals surface area contributed by atoms with Gasteiger partial charge in [-0.25, -0.2) is 0 Å². The molecule has 1 aromatic heterocycles. The lowest BCUT2D eigenvalue weighted by Crippen LogP contribution is -2.41. The molecule has 1 fully saturated rings. The highest BCUT2D eigenvalue weighted by atomic mass is 16.1. The van der Waals surface area contributed by atoms with Crippen LogP contribution in [0, 0.1) is 5.92 Å². The lowest BCUT2D eigenvalue weighted by molar-refractivity contribution is -0.120. The van der Waals surface area contributed by atoms with E-state index in [0.717, 1.165) is 32.6 Å². The molecule has 2 heterocycles. The van der Waals surface area contributed by atoms with Crippen LogP contribution in [0.1, 0.15) is 13.3 Å². The van der Waals surface area contributed by atoms with E-state index in [0.29, 0.717) is 12.5 Å². The van der Waals surface area contributed by atoms with Crippen molar-refractivity contribution in [3.05, 3.63) is 48.8 Å². The number of nitrogens with zero attached hydrogens (tertiary/aromatic N) is 3. The van der Waals surface area contributed by atoms with E-state index in [2.05, 4.69) is 51.8 Å². The molecular weight excluding hydrogens is 314 g/mol. The van der Waals surface area contributed by atoms with Gasteiger partial charge in [-0.3, -0.25) is 9.48 Å². The van der Waals surface area contributed by atoms with E-state index in [4.69, 9.17) is 0 Å². The molecule has 2 aromatic rings. The Labute approximate surface area is 149 Å². The van der Waals surface area contributed by atoms with Gasteiger partial charge in [0.1, 0.15) is 0 Å². The summed E-state index contributed by atoms with van der Waals surface area (Å²) in [5.74, 6) is 0.580. The quantitative estimate of drug-likeness (QED) is 0.764. The van der Waals surface area contributed by atoms with Crippen molar-refractivity contribution in [2.75, 3.05) is 31.1 Å². The van der Waals surface area contributed by atoms with Crippen LogP contribution in [0.25, 0.3) is 0 Å². The molecule has 2 atom stereocenters. The molecule has 0 bridgehead atoms. The van der Waals surface area contributed by atoms with Gasteiger partial charge in [0.15, 0.2) is 0 Å². The summed E-state index contributed by atoms with van der Waals surface area (Å²) >= 11 is 0. The predicted octanol–water partition coefficient (Wildman–Crippen LogP) is 1.50. The van der Waals surface area contributed by atoms with Gasteiger partial charge in [-0.15, -0.1) is 0 Å². The Morgan fingerprint density at radius 1 is 1.32 bits per heavy atom. The summed E-state index contributed by atoms with van der Waals surface area (Å²) in [4.78, 5) is 14.4. The highest BCUT2D eigenvalue weighted by molar-refractivity contribution is 5.78. The fourth-order valence-electron chi connectivity index (χ4n) is 3.21. The van der Waals surface area contributed by atoms with Gasteiger partial charge in [-0.05, 0) is 37.5 Å². The fraction of sp³-hybridized carbons (Fsp3) is 0.474. The van der Waals surface area contributed by atoms with Crippen LogP contribution in [0.5, 0.6) is 0 Å². The van der Waals surface area contributed by atoms with Crippen LogP contribution in [-0.2, 0) is 11.3 Å². The topological polar surface area (TPSA) is 62.2 Å². The molecule has 1 aliphatic heterocycles. The van der Waals surface area contributed by atoms with E-state index >= 15 is 0 Å². The summed E-state index contributed by atoms with van der Waals surface area (Å²) in [6, 6.07) is 12.6. The molecule has 2 N–H and O–H groups in total. The SMILES string of the molecule is C[C@@H](Cn1cccn1)NCC(=O)NC[C@H]1CCN(c2ccccc2)C1. The number of benzene rings is 1. The number of carbonyl (C=O) groups excluding carboxylic acids is 1. The molecule has 6 nitrogen and oxygen atoms in total. The second-order valence-electron chi connectivity index (χ2n) is 6.75. The molecule has 1 aliphatic rings. The first-order valence-electron chi connectivity index (χ1n) is 8.98. The van der Waals surface area contributed by atoms with E-state index in [1.54, 1.807) is 6.20 Å². The van der Waals surface area contributed by atoms with Crippen molar-refractivity contribution in [2.45, 2.75) is 25.9 Å². The second kappa shape index (κ2) is 8.67. The first-order valence-corrected chi connectivity index (χ1v) is 8.98. The van der Waals surface area contributed by atoms with E-state index in [9.17, 15) is 4.79 Å². The second-order valence-corrected chi connectivity index (χ2v) is 6.75. The van der Waals surface area contributed by atoms with Gasteiger partial charge in [0, 0.05) is 43.8 Å². The van der Waals surface area contributed by atoms with E-state index in [1.807, 2.05) is 23.0 Å². The number of aromatic nitrogens is 2. The molecule has 0 spiro atoms. The van der Waals surface area contributed by atoms with Crippen LogP contribution in [0.2, 0.25) is 0 Å². The maximum atomic E-state index is 12.0. The Hall–Kier alpha value is -2.34. The molecular formula is C19H27N5O. The average molecular weight is 341 g/mol. The molecule has 3 rings (SSSR count). The molecule has 134 valence electrons. The van der Waals surface area contributed by atoms with Gasteiger partial charge in [-0.1, -0.05) is 18.2 Å². The number of nitrogens with one attached hydrogen (secondary N) is 2. The van der Waals surface area contributed by atoms with Gasteiger partial charge in [0.25, 0.3) is 0 Å². The predicted molar refractivity (Wildman–Crippen MR) is 99.5 cm³/mol. The number of hydrogen-bond donors (Lipinski definition) is 2. The van der Waals surface area contributed by atoms with E-state index in [1.165, 1.54) is 5.69 Å². The third kappa shape index (κ3) is 5.32. The lowest BCUT2D eigenvalue weighted by atomic mass is 10.1.